The molecule has 0 aromatic heterocycles. The standard InChI is InChI=1S/C16H10Cl2N2O2/c1-19-12-7-8(17)6-10(18)13(12)16(22)20-11-5-3-2-4-9(11)14(21)15(19)20/h2-7,15H,1H3. The summed E-state index contributed by atoms with van der Waals surface area (Å²) in [7, 11) is 1.76. The van der Waals surface area contributed by atoms with E-state index in [0.29, 0.717) is 27.5 Å². The molecule has 2 aromatic carbocycles. The highest BCUT2D eigenvalue weighted by atomic mass is 35.5. The number of hydrogen-bond donors (Lipinski definition) is 0. The first-order valence-electron chi connectivity index (χ1n) is 6.69. The molecule has 0 aliphatic carbocycles. The van der Waals surface area contributed by atoms with Crippen molar-refractivity contribution in [2.45, 2.75) is 6.17 Å². The topological polar surface area (TPSA) is 40.6 Å². The Hall–Kier alpha value is -2.04. The molecule has 110 valence electrons. The molecule has 0 fully saturated rings. The number of nitrogens with zero attached hydrogens (tertiary/aromatic N) is 2. The predicted octanol–water partition coefficient (Wildman–Crippen LogP) is 3.61. The molecule has 2 aliphatic rings. The van der Waals surface area contributed by atoms with E-state index in [0.717, 1.165) is 0 Å². The van der Waals surface area contributed by atoms with Crippen LogP contribution >= 0.6 is 23.2 Å². The minimum Gasteiger partial charge on any atom is -0.347 e. The van der Waals surface area contributed by atoms with Gasteiger partial charge >= 0.3 is 0 Å². The molecule has 1 amide bonds. The molecular weight excluding hydrogens is 323 g/mol. The maximum atomic E-state index is 12.9. The summed E-state index contributed by atoms with van der Waals surface area (Å²) in [6, 6.07) is 10.3. The fourth-order valence-corrected chi connectivity index (χ4v) is 3.72. The molecule has 0 saturated carbocycles. The third-order valence-electron chi connectivity index (χ3n) is 4.12. The third kappa shape index (κ3) is 1.59. The van der Waals surface area contributed by atoms with Crippen LogP contribution in [-0.2, 0) is 0 Å². The third-order valence-corrected chi connectivity index (χ3v) is 4.64. The lowest BCUT2D eigenvalue weighted by Gasteiger charge is -2.39. The highest BCUT2D eigenvalue weighted by molar-refractivity contribution is 6.39. The Morgan fingerprint density at radius 3 is 2.55 bits per heavy atom. The highest BCUT2D eigenvalue weighted by Gasteiger charge is 2.48. The zero-order valence-electron chi connectivity index (χ0n) is 11.5. The van der Waals surface area contributed by atoms with Gasteiger partial charge in [-0.3, -0.25) is 14.5 Å². The summed E-state index contributed by atoms with van der Waals surface area (Å²) in [5, 5.41) is 0.717. The van der Waals surface area contributed by atoms with E-state index in [4.69, 9.17) is 23.2 Å². The van der Waals surface area contributed by atoms with Crippen molar-refractivity contribution in [2.75, 3.05) is 16.8 Å². The summed E-state index contributed by atoms with van der Waals surface area (Å²) >= 11 is 12.3. The Morgan fingerprint density at radius 2 is 1.77 bits per heavy atom. The molecule has 0 N–H and O–H groups in total. The van der Waals surface area contributed by atoms with Crippen molar-refractivity contribution < 1.29 is 9.59 Å². The summed E-state index contributed by atoms with van der Waals surface area (Å²) in [6.07, 6.45) is -0.688. The van der Waals surface area contributed by atoms with E-state index in [1.165, 1.54) is 11.0 Å². The smallest absolute Gasteiger partial charge is 0.264 e. The Balaban J connectivity index is 1.99. The summed E-state index contributed by atoms with van der Waals surface area (Å²) in [4.78, 5) is 28.8. The van der Waals surface area contributed by atoms with Gasteiger partial charge in [-0.2, -0.15) is 0 Å². The second kappa shape index (κ2) is 4.48. The zero-order chi connectivity index (χ0) is 15.6. The molecule has 2 aromatic rings. The van der Waals surface area contributed by atoms with Crippen LogP contribution in [0.4, 0.5) is 11.4 Å². The van der Waals surface area contributed by atoms with Gasteiger partial charge in [0.05, 0.1) is 22.0 Å². The number of amides is 1. The van der Waals surface area contributed by atoms with Gasteiger partial charge in [-0.25, -0.2) is 0 Å². The van der Waals surface area contributed by atoms with Gasteiger partial charge in [0.2, 0.25) is 5.78 Å². The number of ketones is 1. The van der Waals surface area contributed by atoms with Crippen molar-refractivity contribution in [3.05, 3.63) is 57.6 Å². The fraction of sp³-hybridized carbons (Fsp3) is 0.125. The van der Waals surface area contributed by atoms with Crippen LogP contribution in [0.15, 0.2) is 36.4 Å². The number of fused-ring (bicyclic) bond motifs is 4. The molecule has 0 radical (unpaired) electrons. The molecule has 4 nitrogen and oxygen atoms in total. The quantitative estimate of drug-likeness (QED) is 0.739. The number of carbonyl (C=O) groups is 2. The van der Waals surface area contributed by atoms with E-state index in [-0.39, 0.29) is 16.7 Å². The maximum absolute atomic E-state index is 12.9. The van der Waals surface area contributed by atoms with Crippen molar-refractivity contribution in [2.24, 2.45) is 0 Å². The number of hydrogen-bond acceptors (Lipinski definition) is 3. The van der Waals surface area contributed by atoms with Gasteiger partial charge in [-0.05, 0) is 24.3 Å². The molecular formula is C16H10Cl2N2O2. The number of Topliss-reactive ketones (excluding diaryl/α,β-unsaturated/α-hetero) is 1. The van der Waals surface area contributed by atoms with Crippen LogP contribution in [0.25, 0.3) is 0 Å². The van der Waals surface area contributed by atoms with E-state index in [1.54, 1.807) is 42.3 Å². The number of carbonyl (C=O) groups excluding carboxylic acids is 2. The van der Waals surface area contributed by atoms with Crippen LogP contribution in [0.5, 0.6) is 0 Å². The number of anilines is 2. The zero-order valence-corrected chi connectivity index (χ0v) is 13.0. The SMILES string of the molecule is CN1c2cc(Cl)cc(Cl)c2C(=O)N2c3ccccc3C(=O)C12. The molecule has 0 bridgehead atoms. The fourth-order valence-electron chi connectivity index (χ4n) is 3.15. The lowest BCUT2D eigenvalue weighted by molar-refractivity contribution is 0.0906. The van der Waals surface area contributed by atoms with E-state index in [2.05, 4.69) is 0 Å². The molecule has 6 heteroatoms. The molecule has 1 unspecified atom stereocenters. The summed E-state index contributed by atoms with van der Waals surface area (Å²) in [5.74, 6) is -0.383. The van der Waals surface area contributed by atoms with Crippen LogP contribution in [0.2, 0.25) is 10.0 Å². The van der Waals surface area contributed by atoms with Crippen LogP contribution < -0.4 is 9.80 Å². The summed E-state index contributed by atoms with van der Waals surface area (Å²) in [5.41, 5.74) is 2.10. The van der Waals surface area contributed by atoms with Crippen LogP contribution in [0.1, 0.15) is 20.7 Å². The van der Waals surface area contributed by atoms with Crippen molar-refractivity contribution in [3.63, 3.8) is 0 Å². The van der Waals surface area contributed by atoms with Gasteiger partial charge in [0, 0.05) is 17.6 Å². The molecule has 2 aliphatic heterocycles. The predicted molar refractivity (Wildman–Crippen MR) is 86.2 cm³/mol. The van der Waals surface area contributed by atoms with Gasteiger partial charge < -0.3 is 4.90 Å². The number of halogens is 2. The largest absolute Gasteiger partial charge is 0.347 e. The van der Waals surface area contributed by atoms with E-state index in [9.17, 15) is 9.59 Å². The minimum absolute atomic E-state index is 0.104. The lowest BCUT2D eigenvalue weighted by Crippen LogP contribution is -2.54. The summed E-state index contributed by atoms with van der Waals surface area (Å²) in [6.45, 7) is 0. The van der Waals surface area contributed by atoms with Crippen LogP contribution in [0, 0.1) is 0 Å². The van der Waals surface area contributed by atoms with E-state index in [1.807, 2.05) is 0 Å². The van der Waals surface area contributed by atoms with Crippen molar-refractivity contribution >= 4 is 46.3 Å². The van der Waals surface area contributed by atoms with Crippen LogP contribution in [-0.4, -0.2) is 24.9 Å². The Bertz CT molecular complexity index is 850. The molecule has 0 spiro atoms. The normalized spacial score (nSPS) is 19.1. The van der Waals surface area contributed by atoms with Gasteiger partial charge in [0.15, 0.2) is 6.17 Å². The Kier molecular flexibility index (Phi) is 2.77. The number of likely N-dealkylation sites (N-methyl/N-ethyl adjacent to an activating group) is 1. The highest BCUT2D eigenvalue weighted by Crippen LogP contribution is 2.43. The number of benzene rings is 2. The number of rotatable bonds is 0. The minimum atomic E-state index is -0.688. The molecule has 0 saturated heterocycles. The van der Waals surface area contributed by atoms with E-state index >= 15 is 0 Å². The second-order valence-electron chi connectivity index (χ2n) is 5.32. The summed E-state index contributed by atoms with van der Waals surface area (Å²) < 4.78 is 0. The number of para-hydroxylation sites is 1. The maximum Gasteiger partial charge on any atom is 0.264 e. The second-order valence-corrected chi connectivity index (χ2v) is 6.17. The van der Waals surface area contributed by atoms with Crippen molar-refractivity contribution in [3.8, 4) is 0 Å². The van der Waals surface area contributed by atoms with Crippen LogP contribution in [0.3, 0.4) is 0 Å². The van der Waals surface area contributed by atoms with Crippen molar-refractivity contribution in [1.82, 2.24) is 0 Å². The van der Waals surface area contributed by atoms with Gasteiger partial charge in [-0.15, -0.1) is 0 Å². The first-order chi connectivity index (χ1) is 10.5. The molecule has 22 heavy (non-hydrogen) atoms. The Labute approximate surface area is 136 Å². The van der Waals surface area contributed by atoms with Crippen molar-refractivity contribution in [1.29, 1.82) is 0 Å². The van der Waals surface area contributed by atoms with Gasteiger partial charge in [-0.1, -0.05) is 35.3 Å². The molecule has 2 heterocycles. The van der Waals surface area contributed by atoms with E-state index < -0.39 is 6.17 Å². The molecule has 4 rings (SSSR count). The molecule has 1 atom stereocenters. The average molecular weight is 333 g/mol. The first-order valence-corrected chi connectivity index (χ1v) is 7.45. The lowest BCUT2D eigenvalue weighted by atomic mass is 10.1. The monoisotopic (exact) mass is 332 g/mol. The van der Waals surface area contributed by atoms with Gasteiger partial charge in [0.1, 0.15) is 0 Å². The first kappa shape index (κ1) is 13.6. The van der Waals surface area contributed by atoms with Gasteiger partial charge in [0.25, 0.3) is 5.91 Å². The average Bonchev–Trinajstić information content (AvgIpc) is 2.78. The Morgan fingerprint density at radius 1 is 1.05 bits per heavy atom.